The van der Waals surface area contributed by atoms with E-state index in [2.05, 4.69) is 16.4 Å². The van der Waals surface area contributed by atoms with E-state index in [4.69, 9.17) is 5.14 Å². The second-order valence-electron chi connectivity index (χ2n) is 7.16. The molecule has 0 fully saturated rings. The predicted molar refractivity (Wildman–Crippen MR) is 121 cm³/mol. The van der Waals surface area contributed by atoms with Crippen LogP contribution in [-0.4, -0.2) is 32.4 Å². The van der Waals surface area contributed by atoms with Gasteiger partial charge in [-0.05, 0) is 36.3 Å². The highest BCUT2D eigenvalue weighted by atomic mass is 32.2. The number of hydrogen-bond acceptors (Lipinski definition) is 5. The Morgan fingerprint density at radius 3 is 2.24 bits per heavy atom. The van der Waals surface area contributed by atoms with Crippen molar-refractivity contribution in [3.05, 3.63) is 29.8 Å². The van der Waals surface area contributed by atoms with Crippen molar-refractivity contribution in [3.63, 3.8) is 0 Å². The smallest absolute Gasteiger partial charge is 0.371 e. The maximum atomic E-state index is 11.9. The fourth-order valence-electron chi connectivity index (χ4n) is 2.89. The minimum atomic E-state index is -4.00. The molecule has 0 radical (unpaired) electrons. The summed E-state index contributed by atoms with van der Waals surface area (Å²) in [4.78, 5) is 11.9. The summed E-state index contributed by atoms with van der Waals surface area (Å²) in [7, 11) is -4.00. The average Bonchev–Trinajstić information content (AvgIpc) is 2.66. The summed E-state index contributed by atoms with van der Waals surface area (Å²) in [5.74, 6) is 2.24. The second-order valence-corrected chi connectivity index (χ2v) is 9.53. The van der Waals surface area contributed by atoms with Gasteiger partial charge in [0.05, 0.1) is 0 Å². The summed E-state index contributed by atoms with van der Waals surface area (Å²) in [6.45, 7) is 2.80. The van der Waals surface area contributed by atoms with Crippen LogP contribution >= 0.6 is 11.8 Å². The number of carbonyl (C=O) groups is 1. The van der Waals surface area contributed by atoms with Gasteiger partial charge in [0, 0.05) is 18.7 Å². The largest absolute Gasteiger partial charge is 0.380 e. The number of nitrogens with two attached hydrogens (primary N) is 1. The Hall–Kier alpha value is -1.25. The van der Waals surface area contributed by atoms with Gasteiger partial charge in [0.2, 0.25) is 5.91 Å². The van der Waals surface area contributed by atoms with Crippen LogP contribution in [-0.2, 0) is 21.5 Å². The van der Waals surface area contributed by atoms with E-state index < -0.39 is 10.3 Å². The molecule has 0 aliphatic carbocycles. The van der Waals surface area contributed by atoms with Crippen LogP contribution < -0.4 is 14.6 Å². The first-order chi connectivity index (χ1) is 13.9. The van der Waals surface area contributed by atoms with E-state index in [1.54, 1.807) is 24.3 Å². The standard InChI is InChI=1S/C21H36N2O4S2/c1-2-3-4-5-6-7-8-9-17-28-18-15-21(24)23-16-14-19-10-12-20(13-11-19)27-29(22,25)26/h10-13H,2-9,14-18H2,1H3,(H,23,24)(H2,22,25,26). The lowest BCUT2D eigenvalue weighted by atomic mass is 10.1. The van der Waals surface area contributed by atoms with Crippen LogP contribution in [0.15, 0.2) is 24.3 Å². The van der Waals surface area contributed by atoms with Crippen molar-refractivity contribution in [1.82, 2.24) is 5.32 Å². The zero-order chi connectivity index (χ0) is 21.4. The Morgan fingerprint density at radius 2 is 1.62 bits per heavy atom. The van der Waals surface area contributed by atoms with E-state index in [-0.39, 0.29) is 11.7 Å². The molecule has 0 heterocycles. The van der Waals surface area contributed by atoms with Crippen LogP contribution in [0.25, 0.3) is 0 Å². The third kappa shape index (κ3) is 15.3. The zero-order valence-corrected chi connectivity index (χ0v) is 19.2. The maximum Gasteiger partial charge on any atom is 0.380 e. The molecule has 1 aromatic rings. The summed E-state index contributed by atoms with van der Waals surface area (Å²) in [6, 6.07) is 6.60. The Balaban J connectivity index is 1.99. The monoisotopic (exact) mass is 444 g/mol. The Labute approximate surface area is 180 Å². The fraction of sp³-hybridized carbons (Fsp3) is 0.667. The van der Waals surface area contributed by atoms with Crippen LogP contribution in [0.2, 0.25) is 0 Å². The molecule has 8 heteroatoms. The lowest BCUT2D eigenvalue weighted by Crippen LogP contribution is -2.25. The molecule has 0 saturated carbocycles. The third-order valence-electron chi connectivity index (χ3n) is 4.49. The van der Waals surface area contributed by atoms with Crippen molar-refractivity contribution in [3.8, 4) is 5.75 Å². The summed E-state index contributed by atoms with van der Waals surface area (Å²) in [5.41, 5.74) is 0.983. The number of hydrogen-bond donors (Lipinski definition) is 2. The van der Waals surface area contributed by atoms with Gasteiger partial charge < -0.3 is 9.50 Å². The van der Waals surface area contributed by atoms with Crippen molar-refractivity contribution >= 4 is 28.0 Å². The van der Waals surface area contributed by atoms with E-state index in [1.165, 1.54) is 51.4 Å². The number of nitrogens with one attached hydrogen (secondary N) is 1. The number of benzene rings is 1. The van der Waals surface area contributed by atoms with Crippen LogP contribution in [0.5, 0.6) is 5.75 Å². The van der Waals surface area contributed by atoms with Gasteiger partial charge >= 0.3 is 10.3 Å². The number of amides is 1. The van der Waals surface area contributed by atoms with Gasteiger partial charge in [-0.1, -0.05) is 64.0 Å². The van der Waals surface area contributed by atoms with Crippen LogP contribution in [0.3, 0.4) is 0 Å². The van der Waals surface area contributed by atoms with Crippen molar-refractivity contribution in [2.75, 3.05) is 18.1 Å². The van der Waals surface area contributed by atoms with Gasteiger partial charge in [0.15, 0.2) is 0 Å². The van der Waals surface area contributed by atoms with Crippen molar-refractivity contribution in [2.24, 2.45) is 5.14 Å². The van der Waals surface area contributed by atoms with Crippen LogP contribution in [0.4, 0.5) is 0 Å². The molecule has 29 heavy (non-hydrogen) atoms. The Kier molecular flexibility index (Phi) is 13.8. The molecule has 0 aliphatic heterocycles. The molecule has 6 nitrogen and oxygen atoms in total. The first kappa shape index (κ1) is 25.8. The molecule has 0 unspecified atom stereocenters. The third-order valence-corrected chi connectivity index (χ3v) is 5.98. The van der Waals surface area contributed by atoms with Gasteiger partial charge in [-0.3, -0.25) is 4.79 Å². The molecule has 1 amide bonds. The zero-order valence-electron chi connectivity index (χ0n) is 17.5. The maximum absolute atomic E-state index is 11.9. The molecule has 0 bridgehead atoms. The second kappa shape index (κ2) is 15.6. The molecule has 0 aromatic heterocycles. The molecule has 0 atom stereocenters. The van der Waals surface area contributed by atoms with Crippen LogP contribution in [0.1, 0.15) is 70.3 Å². The molecule has 3 N–H and O–H groups in total. The quantitative estimate of drug-likeness (QED) is 0.351. The summed E-state index contributed by atoms with van der Waals surface area (Å²) >= 11 is 1.86. The average molecular weight is 445 g/mol. The van der Waals surface area contributed by atoms with Gasteiger partial charge in [-0.2, -0.15) is 25.3 Å². The van der Waals surface area contributed by atoms with Gasteiger partial charge in [0.1, 0.15) is 5.75 Å². The van der Waals surface area contributed by atoms with Crippen molar-refractivity contribution < 1.29 is 17.4 Å². The van der Waals surface area contributed by atoms with E-state index >= 15 is 0 Å². The van der Waals surface area contributed by atoms with Crippen LogP contribution in [0, 0.1) is 0 Å². The molecule has 0 saturated heterocycles. The van der Waals surface area contributed by atoms with E-state index in [9.17, 15) is 13.2 Å². The Morgan fingerprint density at radius 1 is 1.00 bits per heavy atom. The topological polar surface area (TPSA) is 98.5 Å². The highest BCUT2D eigenvalue weighted by molar-refractivity contribution is 7.99. The highest BCUT2D eigenvalue weighted by Gasteiger charge is 2.05. The highest BCUT2D eigenvalue weighted by Crippen LogP contribution is 2.14. The van der Waals surface area contributed by atoms with Gasteiger partial charge in [-0.25, -0.2) is 0 Å². The summed E-state index contributed by atoms with van der Waals surface area (Å²) in [5, 5.41) is 7.74. The molecule has 1 aromatic carbocycles. The molecule has 0 spiro atoms. The lowest BCUT2D eigenvalue weighted by molar-refractivity contribution is -0.120. The fourth-order valence-corrected chi connectivity index (χ4v) is 4.21. The summed E-state index contributed by atoms with van der Waals surface area (Å²) in [6.07, 6.45) is 11.9. The number of rotatable bonds is 17. The van der Waals surface area contributed by atoms with E-state index in [0.717, 1.165) is 17.1 Å². The van der Waals surface area contributed by atoms with E-state index in [0.29, 0.717) is 19.4 Å². The summed E-state index contributed by atoms with van der Waals surface area (Å²) < 4.78 is 26.3. The van der Waals surface area contributed by atoms with Gasteiger partial charge in [-0.15, -0.1) is 0 Å². The molecular weight excluding hydrogens is 408 g/mol. The number of carbonyl (C=O) groups excluding carboxylic acids is 1. The van der Waals surface area contributed by atoms with Crippen molar-refractivity contribution in [2.45, 2.75) is 71.1 Å². The molecule has 1 rings (SSSR count). The molecule has 166 valence electrons. The number of unbranched alkanes of at least 4 members (excludes halogenated alkanes) is 7. The van der Waals surface area contributed by atoms with E-state index in [1.807, 2.05) is 11.8 Å². The SMILES string of the molecule is CCCCCCCCCCSCCC(=O)NCCc1ccc(OS(N)(=O)=O)cc1. The first-order valence-electron chi connectivity index (χ1n) is 10.6. The van der Waals surface area contributed by atoms with Crippen molar-refractivity contribution in [1.29, 1.82) is 0 Å². The minimum absolute atomic E-state index is 0.0719. The minimum Gasteiger partial charge on any atom is -0.371 e. The Bertz CT molecular complexity index is 664. The molecule has 0 aliphatic rings. The predicted octanol–water partition coefficient (Wildman–Crippen LogP) is 4.19. The molecular formula is C21H36N2O4S2. The normalized spacial score (nSPS) is 11.4. The first-order valence-corrected chi connectivity index (χ1v) is 13.2. The number of thioether (sulfide) groups is 1. The lowest BCUT2D eigenvalue weighted by Gasteiger charge is -2.07. The van der Waals surface area contributed by atoms with Gasteiger partial charge in [0.25, 0.3) is 0 Å².